The van der Waals surface area contributed by atoms with E-state index in [0.717, 1.165) is 16.2 Å². The van der Waals surface area contributed by atoms with Crippen LogP contribution < -0.4 is 0 Å². The average molecular weight is 312 g/mol. The van der Waals surface area contributed by atoms with Gasteiger partial charge in [-0.3, -0.25) is 4.55 Å². The summed E-state index contributed by atoms with van der Waals surface area (Å²) in [6.45, 7) is -0.185. The number of benzene rings is 4. The smallest absolute Gasteiger partial charge is 0.264 e. The van der Waals surface area contributed by atoms with Crippen LogP contribution in [-0.2, 0) is 21.2 Å². The Bertz CT molecular complexity index is 1040. The van der Waals surface area contributed by atoms with Gasteiger partial charge in [0.2, 0.25) is 0 Å². The van der Waals surface area contributed by atoms with Gasteiger partial charge in [-0.15, -0.1) is 0 Å². The first-order chi connectivity index (χ1) is 10.5. The molecule has 0 aliphatic heterocycles. The first-order valence-corrected chi connectivity index (χ1v) is 8.16. The highest BCUT2D eigenvalue weighted by Gasteiger charge is 2.10. The lowest BCUT2D eigenvalue weighted by Crippen LogP contribution is -2.03. The molecule has 0 aliphatic rings. The molecule has 0 aliphatic carbocycles. The number of rotatable bonds is 3. The Kier molecular flexibility index (Phi) is 2.84. The van der Waals surface area contributed by atoms with Crippen molar-refractivity contribution in [2.24, 2.45) is 0 Å². The topological polar surface area (TPSA) is 63.6 Å². The largest absolute Gasteiger partial charge is 0.397 e. The van der Waals surface area contributed by atoms with Crippen LogP contribution in [0.1, 0.15) is 5.56 Å². The van der Waals surface area contributed by atoms with E-state index in [4.69, 9.17) is 4.55 Å². The van der Waals surface area contributed by atoms with E-state index in [1.165, 1.54) is 16.2 Å². The molecule has 5 heteroatoms. The molecule has 0 bridgehead atoms. The van der Waals surface area contributed by atoms with Crippen molar-refractivity contribution in [3.63, 3.8) is 0 Å². The van der Waals surface area contributed by atoms with Crippen LogP contribution in [-0.4, -0.2) is 13.0 Å². The van der Waals surface area contributed by atoms with Crippen LogP contribution in [0.3, 0.4) is 0 Å². The highest BCUT2D eigenvalue weighted by molar-refractivity contribution is 7.80. The van der Waals surface area contributed by atoms with E-state index < -0.39 is 10.4 Å². The van der Waals surface area contributed by atoms with Crippen LogP contribution in [0.15, 0.2) is 54.6 Å². The van der Waals surface area contributed by atoms with Crippen molar-refractivity contribution in [1.82, 2.24) is 0 Å². The third-order valence-corrected chi connectivity index (χ3v) is 4.31. The van der Waals surface area contributed by atoms with Gasteiger partial charge in [-0.05, 0) is 50.0 Å². The Morgan fingerprint density at radius 2 is 1.32 bits per heavy atom. The molecule has 0 saturated heterocycles. The lowest BCUT2D eigenvalue weighted by atomic mass is 9.93. The summed E-state index contributed by atoms with van der Waals surface area (Å²) in [5, 5.41) is 6.77. The summed E-state index contributed by atoms with van der Waals surface area (Å²) in [7, 11) is -4.44. The zero-order valence-corrected chi connectivity index (χ0v) is 12.3. The van der Waals surface area contributed by atoms with E-state index >= 15 is 0 Å². The molecule has 0 amide bonds. The predicted molar refractivity (Wildman–Crippen MR) is 86.5 cm³/mol. The Morgan fingerprint density at radius 3 is 1.86 bits per heavy atom. The standard InChI is InChI=1S/C17H12O4S/c18-22(19,20)21-10-11-8-14-6-4-12-2-1-3-13-5-7-15(9-11)17(14)16(12)13/h1-9H,10H2,(H,18,19,20). The summed E-state index contributed by atoms with van der Waals surface area (Å²) in [6, 6.07) is 18.1. The second kappa shape index (κ2) is 4.64. The second-order valence-electron chi connectivity index (χ2n) is 5.32. The van der Waals surface area contributed by atoms with Gasteiger partial charge in [-0.25, -0.2) is 4.18 Å². The Balaban J connectivity index is 1.97. The van der Waals surface area contributed by atoms with Crippen molar-refractivity contribution in [3.8, 4) is 0 Å². The van der Waals surface area contributed by atoms with Gasteiger partial charge in [-0.2, -0.15) is 8.42 Å². The van der Waals surface area contributed by atoms with Gasteiger partial charge < -0.3 is 0 Å². The molecule has 4 nitrogen and oxygen atoms in total. The molecule has 110 valence electrons. The molecule has 0 fully saturated rings. The van der Waals surface area contributed by atoms with Crippen molar-refractivity contribution >= 4 is 42.7 Å². The lowest BCUT2D eigenvalue weighted by molar-refractivity contribution is 0.260. The van der Waals surface area contributed by atoms with Crippen LogP contribution in [0.2, 0.25) is 0 Å². The van der Waals surface area contributed by atoms with Crippen molar-refractivity contribution in [2.45, 2.75) is 6.61 Å². The summed E-state index contributed by atoms with van der Waals surface area (Å²) in [5.41, 5.74) is 0.698. The Labute approximate surface area is 127 Å². The highest BCUT2D eigenvalue weighted by Crippen LogP contribution is 2.35. The van der Waals surface area contributed by atoms with E-state index in [9.17, 15) is 8.42 Å². The molecular weight excluding hydrogens is 300 g/mol. The minimum Gasteiger partial charge on any atom is -0.264 e. The fourth-order valence-electron chi connectivity index (χ4n) is 3.04. The van der Waals surface area contributed by atoms with Crippen molar-refractivity contribution in [1.29, 1.82) is 0 Å². The van der Waals surface area contributed by atoms with E-state index in [0.29, 0.717) is 5.56 Å². The third kappa shape index (κ3) is 2.20. The molecule has 0 radical (unpaired) electrons. The van der Waals surface area contributed by atoms with Gasteiger partial charge in [0.1, 0.15) is 0 Å². The van der Waals surface area contributed by atoms with Crippen LogP contribution in [0, 0.1) is 0 Å². The fraction of sp³-hybridized carbons (Fsp3) is 0.0588. The zero-order valence-electron chi connectivity index (χ0n) is 11.5. The quantitative estimate of drug-likeness (QED) is 0.460. The zero-order chi connectivity index (χ0) is 15.3. The number of hydrogen-bond donors (Lipinski definition) is 1. The van der Waals surface area contributed by atoms with Crippen molar-refractivity contribution in [3.05, 3.63) is 60.2 Å². The molecule has 0 aromatic heterocycles. The number of hydrogen-bond acceptors (Lipinski definition) is 3. The maximum Gasteiger partial charge on any atom is 0.397 e. The normalized spacial score (nSPS) is 12.6. The van der Waals surface area contributed by atoms with Crippen LogP contribution in [0.5, 0.6) is 0 Å². The van der Waals surface area contributed by atoms with Gasteiger partial charge in [0.15, 0.2) is 0 Å². The molecule has 1 N–H and O–H groups in total. The Hall–Kier alpha value is -2.21. The average Bonchev–Trinajstić information content (AvgIpc) is 2.50. The molecule has 0 saturated carbocycles. The maximum atomic E-state index is 10.7. The fourth-order valence-corrected chi connectivity index (χ4v) is 3.33. The van der Waals surface area contributed by atoms with Crippen LogP contribution in [0.4, 0.5) is 0 Å². The molecule has 0 atom stereocenters. The van der Waals surface area contributed by atoms with E-state index in [1.54, 1.807) is 0 Å². The molecule has 4 aromatic rings. The minimum absolute atomic E-state index is 0.185. The van der Waals surface area contributed by atoms with E-state index in [2.05, 4.69) is 28.4 Å². The molecule has 0 heterocycles. The first-order valence-electron chi connectivity index (χ1n) is 6.79. The van der Waals surface area contributed by atoms with Crippen molar-refractivity contribution in [2.75, 3.05) is 0 Å². The summed E-state index contributed by atoms with van der Waals surface area (Å²) < 4.78 is 34.6. The van der Waals surface area contributed by atoms with Gasteiger partial charge in [0.25, 0.3) is 0 Å². The molecule has 22 heavy (non-hydrogen) atoms. The molecule has 0 unspecified atom stereocenters. The summed E-state index contributed by atoms with van der Waals surface area (Å²) in [6.07, 6.45) is 0. The van der Waals surface area contributed by atoms with Crippen LogP contribution >= 0.6 is 0 Å². The summed E-state index contributed by atoms with van der Waals surface area (Å²) >= 11 is 0. The molecule has 4 rings (SSSR count). The van der Waals surface area contributed by atoms with Gasteiger partial charge in [0, 0.05) is 0 Å². The monoisotopic (exact) mass is 312 g/mol. The molecule has 0 spiro atoms. The van der Waals surface area contributed by atoms with Crippen molar-refractivity contribution < 1.29 is 17.2 Å². The first kappa shape index (κ1) is 13.5. The second-order valence-corrected chi connectivity index (χ2v) is 6.41. The predicted octanol–water partition coefficient (Wildman–Crippen LogP) is 3.90. The van der Waals surface area contributed by atoms with E-state index in [1.807, 2.05) is 30.3 Å². The molecular formula is C17H12O4S. The SMILES string of the molecule is O=S(=O)(O)OCc1cc2ccc3cccc4ccc(c1)c2c34. The van der Waals surface area contributed by atoms with Gasteiger partial charge in [-0.1, -0.05) is 42.5 Å². The summed E-state index contributed by atoms with van der Waals surface area (Å²) in [5.74, 6) is 0. The van der Waals surface area contributed by atoms with Gasteiger partial charge >= 0.3 is 10.4 Å². The lowest BCUT2D eigenvalue weighted by Gasteiger charge is -2.12. The highest BCUT2D eigenvalue weighted by atomic mass is 32.3. The van der Waals surface area contributed by atoms with Gasteiger partial charge in [0.05, 0.1) is 6.61 Å². The summed E-state index contributed by atoms with van der Waals surface area (Å²) in [4.78, 5) is 0. The molecule has 4 aromatic carbocycles. The minimum atomic E-state index is -4.44. The van der Waals surface area contributed by atoms with Crippen LogP contribution in [0.25, 0.3) is 32.3 Å². The third-order valence-electron chi connectivity index (χ3n) is 3.90. The van der Waals surface area contributed by atoms with E-state index in [-0.39, 0.29) is 6.61 Å². The maximum absolute atomic E-state index is 10.7. The Morgan fingerprint density at radius 1 is 0.818 bits per heavy atom.